The first-order valence-electron chi connectivity index (χ1n) is 6.32. The fourth-order valence-electron chi connectivity index (χ4n) is 1.90. The van der Waals surface area contributed by atoms with Crippen LogP contribution in [-0.4, -0.2) is 29.9 Å². The van der Waals surface area contributed by atoms with Crippen molar-refractivity contribution in [3.63, 3.8) is 0 Å². The summed E-state index contributed by atoms with van der Waals surface area (Å²) in [4.78, 5) is 17.6. The third-order valence-electron chi connectivity index (χ3n) is 3.00. The number of carbonyl (C=O) groups excluding carboxylic acids is 1. The molecule has 0 radical (unpaired) electrons. The first-order chi connectivity index (χ1) is 10.4. The summed E-state index contributed by atoms with van der Waals surface area (Å²) < 4.78 is 18.5. The molecule has 1 amide bonds. The van der Waals surface area contributed by atoms with Gasteiger partial charge in [-0.15, -0.1) is 0 Å². The van der Waals surface area contributed by atoms with E-state index in [2.05, 4.69) is 4.98 Å². The SMILES string of the molecule is COc1ccc(CN(C)C(=O)c2nc(Cl)ccc2Cl)cc1F. The smallest absolute Gasteiger partial charge is 0.274 e. The van der Waals surface area contributed by atoms with Gasteiger partial charge in [0.05, 0.1) is 12.1 Å². The zero-order valence-corrected chi connectivity index (χ0v) is 13.5. The van der Waals surface area contributed by atoms with Gasteiger partial charge in [0.1, 0.15) is 10.8 Å². The van der Waals surface area contributed by atoms with Crippen LogP contribution in [0.2, 0.25) is 10.2 Å². The average Bonchev–Trinajstić information content (AvgIpc) is 2.49. The minimum absolute atomic E-state index is 0.0608. The Hall–Kier alpha value is -1.85. The number of rotatable bonds is 4. The van der Waals surface area contributed by atoms with Crippen LogP contribution in [-0.2, 0) is 6.54 Å². The Morgan fingerprint density at radius 2 is 2.05 bits per heavy atom. The van der Waals surface area contributed by atoms with Gasteiger partial charge in [0, 0.05) is 13.6 Å². The van der Waals surface area contributed by atoms with E-state index in [4.69, 9.17) is 27.9 Å². The molecule has 2 rings (SSSR count). The molecule has 0 aliphatic rings. The highest BCUT2D eigenvalue weighted by molar-refractivity contribution is 6.34. The molecule has 0 bridgehead atoms. The molecule has 0 spiro atoms. The first-order valence-corrected chi connectivity index (χ1v) is 7.08. The van der Waals surface area contributed by atoms with Gasteiger partial charge < -0.3 is 9.64 Å². The Balaban J connectivity index is 2.18. The molecule has 1 aromatic carbocycles. The van der Waals surface area contributed by atoms with Gasteiger partial charge in [0.2, 0.25) is 0 Å². The Morgan fingerprint density at radius 3 is 2.68 bits per heavy atom. The van der Waals surface area contributed by atoms with E-state index in [9.17, 15) is 9.18 Å². The first kappa shape index (κ1) is 16.5. The van der Waals surface area contributed by atoms with E-state index in [1.165, 1.54) is 36.3 Å². The van der Waals surface area contributed by atoms with E-state index in [1.807, 2.05) is 0 Å². The predicted molar refractivity (Wildman–Crippen MR) is 83.0 cm³/mol. The van der Waals surface area contributed by atoms with Gasteiger partial charge in [-0.1, -0.05) is 29.3 Å². The van der Waals surface area contributed by atoms with Gasteiger partial charge in [0.25, 0.3) is 5.91 Å². The van der Waals surface area contributed by atoms with Crippen LogP contribution in [0.5, 0.6) is 5.75 Å². The number of nitrogens with zero attached hydrogens (tertiary/aromatic N) is 2. The number of amides is 1. The Kier molecular flexibility index (Phi) is 5.21. The minimum Gasteiger partial charge on any atom is -0.494 e. The molecule has 0 N–H and O–H groups in total. The molecule has 0 aliphatic carbocycles. The summed E-state index contributed by atoms with van der Waals surface area (Å²) in [5, 5.41) is 0.388. The number of methoxy groups -OCH3 is 1. The third kappa shape index (κ3) is 3.67. The number of hydrogen-bond donors (Lipinski definition) is 0. The zero-order chi connectivity index (χ0) is 16.3. The van der Waals surface area contributed by atoms with Gasteiger partial charge in [-0.25, -0.2) is 9.37 Å². The Morgan fingerprint density at radius 1 is 1.32 bits per heavy atom. The van der Waals surface area contributed by atoms with Crippen LogP contribution in [0.4, 0.5) is 4.39 Å². The van der Waals surface area contributed by atoms with Crippen molar-refractivity contribution in [2.45, 2.75) is 6.54 Å². The molecule has 0 fully saturated rings. The highest BCUT2D eigenvalue weighted by atomic mass is 35.5. The summed E-state index contributed by atoms with van der Waals surface area (Å²) in [6.07, 6.45) is 0. The number of hydrogen-bond acceptors (Lipinski definition) is 3. The van der Waals surface area contributed by atoms with E-state index in [-0.39, 0.29) is 28.2 Å². The second-order valence-corrected chi connectivity index (χ2v) is 5.39. The summed E-state index contributed by atoms with van der Waals surface area (Å²) in [5.74, 6) is -0.735. The maximum atomic E-state index is 13.7. The van der Waals surface area contributed by atoms with Crippen molar-refractivity contribution < 1.29 is 13.9 Å². The molecule has 0 saturated carbocycles. The molecule has 0 aliphatic heterocycles. The van der Waals surface area contributed by atoms with E-state index in [0.717, 1.165) is 0 Å². The van der Waals surface area contributed by atoms with Crippen molar-refractivity contribution in [1.29, 1.82) is 0 Å². The zero-order valence-electron chi connectivity index (χ0n) is 11.9. The quantitative estimate of drug-likeness (QED) is 0.793. The Bertz CT molecular complexity index is 710. The van der Waals surface area contributed by atoms with Gasteiger partial charge in [-0.2, -0.15) is 0 Å². The van der Waals surface area contributed by atoms with Crippen molar-refractivity contribution in [2.75, 3.05) is 14.2 Å². The summed E-state index contributed by atoms with van der Waals surface area (Å²) in [5.41, 5.74) is 0.679. The van der Waals surface area contributed by atoms with Crippen LogP contribution in [0.1, 0.15) is 16.1 Å². The number of pyridine rings is 1. The molecule has 7 heteroatoms. The maximum Gasteiger partial charge on any atom is 0.274 e. The van der Waals surface area contributed by atoms with Gasteiger partial charge >= 0.3 is 0 Å². The van der Waals surface area contributed by atoms with Crippen molar-refractivity contribution in [2.24, 2.45) is 0 Å². The van der Waals surface area contributed by atoms with E-state index >= 15 is 0 Å². The monoisotopic (exact) mass is 342 g/mol. The summed E-state index contributed by atoms with van der Waals surface area (Å²) in [6, 6.07) is 7.51. The molecular formula is C15H13Cl2FN2O2. The minimum atomic E-state index is -0.486. The van der Waals surface area contributed by atoms with E-state index in [0.29, 0.717) is 5.56 Å². The van der Waals surface area contributed by atoms with Crippen LogP contribution < -0.4 is 4.74 Å². The van der Waals surface area contributed by atoms with Gasteiger partial charge in [-0.05, 0) is 29.8 Å². The lowest BCUT2D eigenvalue weighted by molar-refractivity contribution is 0.0779. The summed E-state index contributed by atoms with van der Waals surface area (Å²) in [7, 11) is 2.96. The molecule has 0 unspecified atom stereocenters. The van der Waals surface area contributed by atoms with Crippen LogP contribution in [0.15, 0.2) is 30.3 Å². The van der Waals surface area contributed by atoms with Crippen LogP contribution in [0.25, 0.3) is 0 Å². The van der Waals surface area contributed by atoms with Crippen LogP contribution in [0.3, 0.4) is 0 Å². The molecular weight excluding hydrogens is 330 g/mol. The fraction of sp³-hybridized carbons (Fsp3) is 0.200. The van der Waals surface area contributed by atoms with Crippen LogP contribution >= 0.6 is 23.2 Å². The van der Waals surface area contributed by atoms with Gasteiger partial charge in [0.15, 0.2) is 11.6 Å². The normalized spacial score (nSPS) is 10.4. The standard InChI is InChI=1S/C15H13Cl2FN2O2/c1-20(8-9-3-5-12(22-2)11(18)7-9)15(21)14-10(16)4-6-13(17)19-14/h3-7H,8H2,1-2H3. The number of carbonyl (C=O) groups is 1. The summed E-state index contributed by atoms with van der Waals surface area (Å²) >= 11 is 11.7. The molecule has 22 heavy (non-hydrogen) atoms. The topological polar surface area (TPSA) is 42.4 Å². The lowest BCUT2D eigenvalue weighted by Crippen LogP contribution is -2.27. The van der Waals surface area contributed by atoms with Gasteiger partial charge in [-0.3, -0.25) is 4.79 Å². The molecule has 2 aromatic rings. The molecule has 0 saturated heterocycles. The van der Waals surface area contributed by atoms with E-state index in [1.54, 1.807) is 13.1 Å². The molecule has 1 aromatic heterocycles. The number of ether oxygens (including phenoxy) is 1. The largest absolute Gasteiger partial charge is 0.494 e. The number of benzene rings is 1. The fourth-order valence-corrected chi connectivity index (χ4v) is 2.24. The van der Waals surface area contributed by atoms with Crippen molar-refractivity contribution in [1.82, 2.24) is 9.88 Å². The molecule has 116 valence electrons. The average molecular weight is 343 g/mol. The predicted octanol–water partition coefficient (Wildman–Crippen LogP) is 3.81. The highest BCUT2D eigenvalue weighted by Crippen LogP contribution is 2.21. The highest BCUT2D eigenvalue weighted by Gasteiger charge is 2.18. The van der Waals surface area contributed by atoms with Crippen molar-refractivity contribution in [3.05, 3.63) is 57.6 Å². The van der Waals surface area contributed by atoms with E-state index < -0.39 is 11.7 Å². The third-order valence-corrected chi connectivity index (χ3v) is 3.51. The lowest BCUT2D eigenvalue weighted by atomic mass is 10.2. The summed E-state index contributed by atoms with van der Waals surface area (Å²) in [6.45, 7) is 0.199. The maximum absolute atomic E-state index is 13.7. The second-order valence-electron chi connectivity index (χ2n) is 4.59. The van der Waals surface area contributed by atoms with Crippen molar-refractivity contribution >= 4 is 29.1 Å². The Labute approximate surface area is 137 Å². The molecule has 4 nitrogen and oxygen atoms in total. The second kappa shape index (κ2) is 6.94. The number of halogens is 3. The number of aromatic nitrogens is 1. The van der Waals surface area contributed by atoms with Crippen molar-refractivity contribution in [3.8, 4) is 5.75 Å². The lowest BCUT2D eigenvalue weighted by Gasteiger charge is -2.18. The molecule has 1 heterocycles. The van der Waals surface area contributed by atoms with Crippen LogP contribution in [0, 0.1) is 5.82 Å². The molecule has 0 atom stereocenters.